The number of aliphatic carboxylic acids is 1. The van der Waals surface area contributed by atoms with Crippen LogP contribution < -0.4 is 4.83 Å². The lowest BCUT2D eigenvalue weighted by Crippen LogP contribution is -2.45. The summed E-state index contributed by atoms with van der Waals surface area (Å²) in [6.45, 7) is 1.47. The molecule has 0 radical (unpaired) electrons. The molecule has 16 heavy (non-hydrogen) atoms. The van der Waals surface area contributed by atoms with E-state index >= 15 is 0 Å². The van der Waals surface area contributed by atoms with E-state index in [2.05, 4.69) is 4.83 Å². The summed E-state index contributed by atoms with van der Waals surface area (Å²) in [6, 6.07) is 0. The van der Waals surface area contributed by atoms with Crippen molar-refractivity contribution in [3.05, 3.63) is 0 Å². The zero-order chi connectivity index (χ0) is 12.0. The first-order valence-electron chi connectivity index (χ1n) is 5.46. The summed E-state index contributed by atoms with van der Waals surface area (Å²) in [4.78, 5) is 12.7. The van der Waals surface area contributed by atoms with Crippen LogP contribution in [0.5, 0.6) is 0 Å². The van der Waals surface area contributed by atoms with Gasteiger partial charge in [0.05, 0.1) is 5.75 Å². The Morgan fingerprint density at radius 2 is 1.88 bits per heavy atom. The van der Waals surface area contributed by atoms with Crippen LogP contribution in [-0.2, 0) is 14.8 Å². The van der Waals surface area contributed by atoms with Crippen LogP contribution >= 0.6 is 0 Å². The van der Waals surface area contributed by atoms with Gasteiger partial charge in [-0.05, 0) is 19.3 Å². The maximum atomic E-state index is 11.5. The smallest absolute Gasteiger partial charge is 0.303 e. The van der Waals surface area contributed by atoms with E-state index in [4.69, 9.17) is 5.11 Å². The zero-order valence-corrected chi connectivity index (χ0v) is 10.0. The van der Waals surface area contributed by atoms with E-state index in [9.17, 15) is 13.2 Å². The number of hydrogen-bond acceptors (Lipinski definition) is 4. The number of carboxylic acids is 1. The van der Waals surface area contributed by atoms with Gasteiger partial charge < -0.3 is 5.11 Å². The molecule has 0 aliphatic carbocycles. The second kappa shape index (κ2) is 6.17. The lowest BCUT2D eigenvalue weighted by Gasteiger charge is -2.26. The van der Waals surface area contributed by atoms with Crippen LogP contribution in [0, 0.1) is 0 Å². The largest absolute Gasteiger partial charge is 0.481 e. The first-order chi connectivity index (χ1) is 7.49. The van der Waals surface area contributed by atoms with Gasteiger partial charge in [0, 0.05) is 19.5 Å². The first-order valence-corrected chi connectivity index (χ1v) is 7.12. The fraction of sp³-hybridized carbons (Fsp3) is 0.889. The average molecular weight is 250 g/mol. The van der Waals surface area contributed by atoms with Crippen LogP contribution in [0.15, 0.2) is 0 Å². The number of nitrogens with zero attached hydrogens (tertiary/aromatic N) is 1. The average Bonchev–Trinajstić information content (AvgIpc) is 2.17. The summed E-state index contributed by atoms with van der Waals surface area (Å²) in [5.41, 5.74) is 0. The van der Waals surface area contributed by atoms with Gasteiger partial charge in [-0.2, -0.15) is 0 Å². The number of nitrogens with one attached hydrogen (secondary N) is 1. The predicted octanol–water partition coefficient (Wildman–Crippen LogP) is 0.171. The molecule has 1 heterocycles. The summed E-state index contributed by atoms with van der Waals surface area (Å²) < 4.78 is 23.1. The molecule has 0 amide bonds. The van der Waals surface area contributed by atoms with Gasteiger partial charge in [-0.1, -0.05) is 6.42 Å². The van der Waals surface area contributed by atoms with Crippen molar-refractivity contribution in [1.29, 1.82) is 0 Å². The molecule has 1 aliphatic rings. The van der Waals surface area contributed by atoms with E-state index < -0.39 is 16.0 Å². The van der Waals surface area contributed by atoms with Gasteiger partial charge in [-0.3, -0.25) is 4.79 Å². The molecule has 1 fully saturated rings. The highest BCUT2D eigenvalue weighted by Gasteiger charge is 2.17. The van der Waals surface area contributed by atoms with Crippen molar-refractivity contribution in [2.75, 3.05) is 18.8 Å². The zero-order valence-electron chi connectivity index (χ0n) is 9.18. The molecule has 0 bridgehead atoms. The van der Waals surface area contributed by atoms with Crippen molar-refractivity contribution in [3.8, 4) is 0 Å². The Hall–Kier alpha value is -0.660. The first kappa shape index (κ1) is 13.4. The highest BCUT2D eigenvalue weighted by molar-refractivity contribution is 7.89. The van der Waals surface area contributed by atoms with Gasteiger partial charge in [-0.25, -0.2) is 13.4 Å². The molecule has 1 rings (SSSR count). The van der Waals surface area contributed by atoms with Gasteiger partial charge in [0.15, 0.2) is 0 Å². The molecule has 7 heteroatoms. The molecule has 0 atom stereocenters. The van der Waals surface area contributed by atoms with E-state index in [0.717, 1.165) is 32.4 Å². The Labute approximate surface area is 95.6 Å². The maximum Gasteiger partial charge on any atom is 0.303 e. The Morgan fingerprint density at radius 1 is 1.25 bits per heavy atom. The second-order valence-electron chi connectivity index (χ2n) is 3.96. The fourth-order valence-corrected chi connectivity index (χ4v) is 2.83. The number of piperidine rings is 1. The SMILES string of the molecule is O=C(O)CCCS(=O)(=O)NN1CCCCC1. The lowest BCUT2D eigenvalue weighted by molar-refractivity contribution is -0.137. The molecule has 2 N–H and O–H groups in total. The monoisotopic (exact) mass is 250 g/mol. The molecule has 6 nitrogen and oxygen atoms in total. The van der Waals surface area contributed by atoms with Crippen molar-refractivity contribution in [2.45, 2.75) is 32.1 Å². The number of hydrazine groups is 1. The van der Waals surface area contributed by atoms with E-state index in [1.54, 1.807) is 5.01 Å². The van der Waals surface area contributed by atoms with E-state index in [0.29, 0.717) is 0 Å². The highest BCUT2D eigenvalue weighted by Crippen LogP contribution is 2.07. The Bertz CT molecular complexity index is 322. The fourth-order valence-electron chi connectivity index (χ4n) is 1.64. The number of hydrogen-bond donors (Lipinski definition) is 2. The summed E-state index contributed by atoms with van der Waals surface area (Å²) in [7, 11) is -3.36. The van der Waals surface area contributed by atoms with Crippen molar-refractivity contribution in [3.63, 3.8) is 0 Å². The van der Waals surface area contributed by atoms with Crippen LogP contribution in [0.1, 0.15) is 32.1 Å². The van der Waals surface area contributed by atoms with Gasteiger partial charge in [0.25, 0.3) is 0 Å². The molecule has 0 aromatic rings. The topological polar surface area (TPSA) is 86.7 Å². The summed E-state index contributed by atoms with van der Waals surface area (Å²) in [5.74, 6) is -1.09. The van der Waals surface area contributed by atoms with Crippen LogP contribution in [-0.4, -0.2) is 43.3 Å². The van der Waals surface area contributed by atoms with Crippen molar-refractivity contribution < 1.29 is 18.3 Å². The van der Waals surface area contributed by atoms with Crippen molar-refractivity contribution in [2.24, 2.45) is 0 Å². The van der Waals surface area contributed by atoms with E-state index in [1.165, 1.54) is 0 Å². The molecule has 0 unspecified atom stereocenters. The Morgan fingerprint density at radius 3 is 2.44 bits per heavy atom. The van der Waals surface area contributed by atoms with Crippen molar-refractivity contribution in [1.82, 2.24) is 9.84 Å². The maximum absolute atomic E-state index is 11.5. The van der Waals surface area contributed by atoms with Gasteiger partial charge >= 0.3 is 5.97 Å². The quantitative estimate of drug-likeness (QED) is 0.702. The molecule has 1 aliphatic heterocycles. The van der Waals surface area contributed by atoms with Gasteiger partial charge in [0.1, 0.15) is 0 Å². The predicted molar refractivity (Wildman–Crippen MR) is 59.2 cm³/mol. The van der Waals surface area contributed by atoms with Crippen molar-refractivity contribution >= 4 is 16.0 Å². The third-order valence-electron chi connectivity index (χ3n) is 2.43. The summed E-state index contributed by atoms with van der Waals surface area (Å²) in [6.07, 6.45) is 3.17. The van der Waals surface area contributed by atoms with Gasteiger partial charge in [0.2, 0.25) is 10.0 Å². The number of carboxylic acid groups (broad SMARTS) is 1. The van der Waals surface area contributed by atoms with Crippen LogP contribution in [0.3, 0.4) is 0 Å². The third kappa shape index (κ3) is 5.43. The second-order valence-corrected chi connectivity index (χ2v) is 5.78. The molecule has 0 aromatic carbocycles. The lowest BCUT2D eigenvalue weighted by atomic mass is 10.2. The number of rotatable bonds is 6. The molecule has 0 spiro atoms. The standard InChI is InChI=1S/C9H18N2O4S/c12-9(13)5-4-8-16(14,15)10-11-6-2-1-3-7-11/h10H,1-8H2,(H,12,13). The molecule has 0 saturated carbocycles. The minimum atomic E-state index is -3.36. The van der Waals surface area contributed by atoms with E-state index in [-0.39, 0.29) is 18.6 Å². The van der Waals surface area contributed by atoms with E-state index in [1.807, 2.05) is 0 Å². The van der Waals surface area contributed by atoms with Crippen LogP contribution in [0.25, 0.3) is 0 Å². The Balaban J connectivity index is 2.29. The van der Waals surface area contributed by atoms with Gasteiger partial charge in [-0.15, -0.1) is 4.83 Å². The molecule has 0 aromatic heterocycles. The van der Waals surface area contributed by atoms with Crippen LogP contribution in [0.4, 0.5) is 0 Å². The third-order valence-corrected chi connectivity index (χ3v) is 3.79. The molecule has 94 valence electrons. The highest BCUT2D eigenvalue weighted by atomic mass is 32.2. The summed E-state index contributed by atoms with van der Waals surface area (Å²) in [5, 5.41) is 10.1. The normalized spacial score (nSPS) is 18.5. The molecular formula is C9H18N2O4S. The minimum Gasteiger partial charge on any atom is -0.481 e. The van der Waals surface area contributed by atoms with Crippen LogP contribution in [0.2, 0.25) is 0 Å². The summed E-state index contributed by atoms with van der Waals surface area (Å²) >= 11 is 0. The Kier molecular flexibility index (Phi) is 5.17. The number of sulfonamides is 1. The number of carbonyl (C=O) groups is 1. The minimum absolute atomic E-state index is 0.110. The molecule has 1 saturated heterocycles. The molecular weight excluding hydrogens is 232 g/mol.